The molecule has 0 aromatic heterocycles. The van der Waals surface area contributed by atoms with Crippen LogP contribution in [0.5, 0.6) is 5.75 Å². The van der Waals surface area contributed by atoms with E-state index in [1.165, 1.54) is 6.92 Å². The van der Waals surface area contributed by atoms with Crippen LogP contribution in [0.1, 0.15) is 43.1 Å². The fourth-order valence-electron chi connectivity index (χ4n) is 1.57. The van der Waals surface area contributed by atoms with Crippen molar-refractivity contribution in [2.24, 2.45) is 0 Å². The summed E-state index contributed by atoms with van der Waals surface area (Å²) in [6.07, 6.45) is 1.80. The molecule has 2 N–H and O–H groups in total. The van der Waals surface area contributed by atoms with Gasteiger partial charge in [-0.2, -0.15) is 0 Å². The Labute approximate surface area is 96.6 Å². The number of nitrogens with two attached hydrogens (primary N) is 1. The lowest BCUT2D eigenvalue weighted by Gasteiger charge is -2.12. The van der Waals surface area contributed by atoms with Crippen molar-refractivity contribution in [1.29, 1.82) is 0 Å². The molecular formula is C13H19NO2. The molecule has 0 bridgehead atoms. The van der Waals surface area contributed by atoms with E-state index in [0.29, 0.717) is 17.9 Å². The van der Waals surface area contributed by atoms with Crippen LogP contribution in [-0.2, 0) is 6.42 Å². The topological polar surface area (TPSA) is 52.3 Å². The number of Topliss-reactive ketones (excluding diaryl/α,β-unsaturated/α-hetero) is 1. The molecule has 0 spiro atoms. The van der Waals surface area contributed by atoms with Gasteiger partial charge in [0.2, 0.25) is 0 Å². The average Bonchev–Trinajstić information content (AvgIpc) is 2.26. The van der Waals surface area contributed by atoms with Crippen molar-refractivity contribution < 1.29 is 9.53 Å². The highest BCUT2D eigenvalue weighted by Crippen LogP contribution is 2.26. The highest BCUT2D eigenvalue weighted by Gasteiger charge is 2.10. The molecule has 0 saturated carbocycles. The van der Waals surface area contributed by atoms with Gasteiger partial charge in [-0.25, -0.2) is 0 Å². The fraction of sp³-hybridized carbons (Fsp3) is 0.462. The lowest BCUT2D eigenvalue weighted by atomic mass is 10.0. The summed E-state index contributed by atoms with van der Waals surface area (Å²) >= 11 is 0. The maximum atomic E-state index is 11.4. The van der Waals surface area contributed by atoms with Crippen LogP contribution in [0.4, 0.5) is 5.69 Å². The van der Waals surface area contributed by atoms with Gasteiger partial charge in [0.25, 0.3) is 0 Å². The highest BCUT2D eigenvalue weighted by atomic mass is 16.5. The monoisotopic (exact) mass is 221 g/mol. The second-order valence-corrected chi connectivity index (χ2v) is 3.81. The standard InChI is InChI=1S/C13H19NO2/c1-4-6-16-13-8-11(9(3)15)12(14)7-10(13)5-2/h7-8H,4-6,14H2,1-3H3. The Morgan fingerprint density at radius 2 is 2.06 bits per heavy atom. The zero-order valence-electron chi connectivity index (χ0n) is 10.2. The Morgan fingerprint density at radius 3 is 2.56 bits per heavy atom. The van der Waals surface area contributed by atoms with E-state index in [1.807, 2.05) is 13.0 Å². The van der Waals surface area contributed by atoms with Gasteiger partial charge in [-0.3, -0.25) is 4.79 Å². The molecule has 1 rings (SSSR count). The van der Waals surface area contributed by atoms with Crippen LogP contribution in [0, 0.1) is 0 Å². The minimum Gasteiger partial charge on any atom is -0.493 e. The van der Waals surface area contributed by atoms with Crippen molar-refractivity contribution in [1.82, 2.24) is 0 Å². The molecule has 0 amide bonds. The largest absolute Gasteiger partial charge is 0.493 e. The van der Waals surface area contributed by atoms with Crippen molar-refractivity contribution in [3.8, 4) is 5.75 Å². The van der Waals surface area contributed by atoms with Crippen molar-refractivity contribution in [3.05, 3.63) is 23.3 Å². The summed E-state index contributed by atoms with van der Waals surface area (Å²) in [6, 6.07) is 3.59. The molecular weight excluding hydrogens is 202 g/mol. The number of hydrogen-bond donors (Lipinski definition) is 1. The number of hydrogen-bond acceptors (Lipinski definition) is 3. The molecule has 1 aromatic rings. The summed E-state index contributed by atoms with van der Waals surface area (Å²) in [4.78, 5) is 11.4. The molecule has 0 aliphatic rings. The number of ketones is 1. The van der Waals surface area contributed by atoms with Gasteiger partial charge in [-0.1, -0.05) is 13.8 Å². The third-order valence-electron chi connectivity index (χ3n) is 2.45. The van der Waals surface area contributed by atoms with E-state index in [4.69, 9.17) is 10.5 Å². The first kappa shape index (κ1) is 12.6. The fourth-order valence-corrected chi connectivity index (χ4v) is 1.57. The van der Waals surface area contributed by atoms with Gasteiger partial charge in [0.15, 0.2) is 5.78 Å². The number of rotatable bonds is 5. The first-order chi connectivity index (χ1) is 7.60. The van der Waals surface area contributed by atoms with E-state index in [2.05, 4.69) is 6.92 Å². The van der Waals surface area contributed by atoms with Gasteiger partial charge < -0.3 is 10.5 Å². The second-order valence-electron chi connectivity index (χ2n) is 3.81. The van der Waals surface area contributed by atoms with Crippen LogP contribution in [0.2, 0.25) is 0 Å². The first-order valence-corrected chi connectivity index (χ1v) is 5.66. The molecule has 0 unspecified atom stereocenters. The summed E-state index contributed by atoms with van der Waals surface area (Å²) in [5.74, 6) is 0.755. The summed E-state index contributed by atoms with van der Waals surface area (Å²) in [5, 5.41) is 0. The number of nitrogen functional groups attached to an aromatic ring is 1. The minimum atomic E-state index is -0.0264. The summed E-state index contributed by atoms with van der Waals surface area (Å²) in [6.45, 7) is 6.27. The third-order valence-corrected chi connectivity index (χ3v) is 2.45. The molecule has 0 fully saturated rings. The molecule has 0 saturated heterocycles. The Morgan fingerprint density at radius 1 is 1.38 bits per heavy atom. The molecule has 1 aromatic carbocycles. The lowest BCUT2D eigenvalue weighted by Crippen LogP contribution is -2.05. The summed E-state index contributed by atoms with van der Waals surface area (Å²) < 4.78 is 5.62. The zero-order valence-corrected chi connectivity index (χ0v) is 10.2. The van der Waals surface area contributed by atoms with Gasteiger partial charge >= 0.3 is 0 Å². The maximum absolute atomic E-state index is 11.4. The van der Waals surface area contributed by atoms with Crippen molar-refractivity contribution in [2.45, 2.75) is 33.6 Å². The number of anilines is 1. The predicted molar refractivity (Wildman–Crippen MR) is 66.0 cm³/mol. The quantitative estimate of drug-likeness (QED) is 0.614. The van der Waals surface area contributed by atoms with E-state index < -0.39 is 0 Å². The number of ether oxygens (including phenoxy) is 1. The molecule has 3 nitrogen and oxygen atoms in total. The molecule has 16 heavy (non-hydrogen) atoms. The van der Waals surface area contributed by atoms with Gasteiger partial charge in [-0.05, 0) is 37.5 Å². The first-order valence-electron chi connectivity index (χ1n) is 5.66. The van der Waals surface area contributed by atoms with E-state index >= 15 is 0 Å². The molecule has 0 atom stereocenters. The number of benzene rings is 1. The Kier molecular flexibility index (Phi) is 4.35. The zero-order chi connectivity index (χ0) is 12.1. The van der Waals surface area contributed by atoms with Crippen molar-refractivity contribution in [2.75, 3.05) is 12.3 Å². The predicted octanol–water partition coefficient (Wildman–Crippen LogP) is 2.82. The minimum absolute atomic E-state index is 0.0264. The normalized spacial score (nSPS) is 10.2. The molecule has 0 radical (unpaired) electrons. The molecule has 0 aliphatic carbocycles. The summed E-state index contributed by atoms with van der Waals surface area (Å²) in [5.41, 5.74) is 7.95. The average molecular weight is 221 g/mol. The molecule has 3 heteroatoms. The van der Waals surface area contributed by atoms with Crippen LogP contribution < -0.4 is 10.5 Å². The van der Waals surface area contributed by atoms with Crippen LogP contribution in [0.25, 0.3) is 0 Å². The molecule has 88 valence electrons. The van der Waals surface area contributed by atoms with E-state index in [0.717, 1.165) is 24.2 Å². The third kappa shape index (κ3) is 2.75. The van der Waals surface area contributed by atoms with Crippen LogP contribution in [0.15, 0.2) is 12.1 Å². The number of carbonyl (C=O) groups is 1. The maximum Gasteiger partial charge on any atom is 0.162 e. The van der Waals surface area contributed by atoms with Crippen LogP contribution >= 0.6 is 0 Å². The lowest BCUT2D eigenvalue weighted by molar-refractivity contribution is 0.101. The van der Waals surface area contributed by atoms with Gasteiger partial charge in [0, 0.05) is 11.3 Å². The Balaban J connectivity index is 3.12. The van der Waals surface area contributed by atoms with Crippen molar-refractivity contribution >= 4 is 11.5 Å². The van der Waals surface area contributed by atoms with E-state index in [1.54, 1.807) is 6.07 Å². The Hall–Kier alpha value is -1.51. The molecule has 0 heterocycles. The summed E-state index contributed by atoms with van der Waals surface area (Å²) in [7, 11) is 0. The molecule has 0 aliphatic heterocycles. The van der Waals surface area contributed by atoms with Gasteiger partial charge in [0.1, 0.15) is 5.75 Å². The van der Waals surface area contributed by atoms with Gasteiger partial charge in [0.05, 0.1) is 6.61 Å². The SMILES string of the molecule is CCCOc1cc(C(C)=O)c(N)cc1CC. The number of carbonyl (C=O) groups excluding carboxylic acids is 1. The highest BCUT2D eigenvalue weighted by molar-refractivity contribution is 5.99. The van der Waals surface area contributed by atoms with Gasteiger partial charge in [-0.15, -0.1) is 0 Å². The second kappa shape index (κ2) is 5.54. The van der Waals surface area contributed by atoms with Crippen LogP contribution in [0.3, 0.4) is 0 Å². The smallest absolute Gasteiger partial charge is 0.162 e. The Bertz CT molecular complexity index is 386. The number of aryl methyl sites for hydroxylation is 1. The van der Waals surface area contributed by atoms with Crippen LogP contribution in [-0.4, -0.2) is 12.4 Å². The van der Waals surface area contributed by atoms with Crippen molar-refractivity contribution in [3.63, 3.8) is 0 Å². The van der Waals surface area contributed by atoms with E-state index in [9.17, 15) is 4.79 Å². The van der Waals surface area contributed by atoms with E-state index in [-0.39, 0.29) is 5.78 Å².